The third kappa shape index (κ3) is 6.54. The first-order chi connectivity index (χ1) is 12.0. The number of aromatic hydroxyl groups is 1. The predicted molar refractivity (Wildman–Crippen MR) is 112 cm³/mol. The van der Waals surface area contributed by atoms with Crippen LogP contribution < -0.4 is 10.6 Å². The van der Waals surface area contributed by atoms with E-state index in [9.17, 15) is 5.11 Å². The lowest BCUT2D eigenvalue weighted by Gasteiger charge is -2.26. The van der Waals surface area contributed by atoms with Crippen LogP contribution in [0.4, 0.5) is 5.69 Å². The molecule has 0 saturated heterocycles. The molecule has 1 aliphatic rings. The van der Waals surface area contributed by atoms with Gasteiger partial charge in [0.15, 0.2) is 5.96 Å². The van der Waals surface area contributed by atoms with Gasteiger partial charge in [0, 0.05) is 12.6 Å². The molecule has 0 atom stereocenters. The minimum absolute atomic E-state index is 0.0314. The lowest BCUT2D eigenvalue weighted by molar-refractivity contribution is 0.407. The molecule has 1 aromatic rings. The summed E-state index contributed by atoms with van der Waals surface area (Å²) < 4.78 is 0. The van der Waals surface area contributed by atoms with E-state index in [2.05, 4.69) is 52.2 Å². The van der Waals surface area contributed by atoms with Crippen LogP contribution in [0.3, 0.4) is 0 Å². The average molecular weight is 360 g/mol. The van der Waals surface area contributed by atoms with Crippen LogP contribution in [0.25, 0.3) is 0 Å². The van der Waals surface area contributed by atoms with E-state index in [1.54, 1.807) is 6.07 Å². The molecule has 0 aromatic heterocycles. The maximum absolute atomic E-state index is 10.3. The Morgan fingerprint density at radius 3 is 2.31 bits per heavy atom. The number of phenolic OH excluding ortho intramolecular Hbond substituents is 1. The molecule has 0 unspecified atom stereocenters. The molecule has 3 N–H and O–H groups in total. The van der Waals surface area contributed by atoms with Gasteiger partial charge in [-0.2, -0.15) is 0 Å². The standard InChI is InChI=1S/C22H37N3O/c1-21(2,3)15-23-20(24-17-10-8-7-9-11-17)25-18-14-16(22(4,5)6)12-13-19(18)26/h12-14,17,26H,7-11,15H2,1-6H3,(H2,23,24,25). The molecule has 0 amide bonds. The lowest BCUT2D eigenvalue weighted by atomic mass is 9.87. The molecule has 1 saturated carbocycles. The number of nitrogens with zero attached hydrogens (tertiary/aromatic N) is 1. The van der Waals surface area contributed by atoms with Crippen molar-refractivity contribution < 1.29 is 5.11 Å². The fourth-order valence-corrected chi connectivity index (χ4v) is 3.11. The third-order valence-electron chi connectivity index (χ3n) is 4.77. The molecule has 0 spiro atoms. The molecule has 1 aromatic carbocycles. The normalized spacial score (nSPS) is 17.2. The maximum Gasteiger partial charge on any atom is 0.196 e. The highest BCUT2D eigenvalue weighted by molar-refractivity contribution is 5.95. The fraction of sp³-hybridized carbons (Fsp3) is 0.682. The second kappa shape index (κ2) is 8.32. The van der Waals surface area contributed by atoms with Crippen LogP contribution in [0.1, 0.15) is 79.2 Å². The number of rotatable bonds is 3. The van der Waals surface area contributed by atoms with Crippen molar-refractivity contribution in [3.05, 3.63) is 23.8 Å². The van der Waals surface area contributed by atoms with Crippen molar-refractivity contribution in [1.82, 2.24) is 5.32 Å². The van der Waals surface area contributed by atoms with Gasteiger partial charge in [-0.15, -0.1) is 0 Å². The van der Waals surface area contributed by atoms with Crippen molar-refractivity contribution in [2.45, 2.75) is 85.1 Å². The van der Waals surface area contributed by atoms with Gasteiger partial charge in [0.1, 0.15) is 5.75 Å². The van der Waals surface area contributed by atoms with Crippen molar-refractivity contribution in [2.75, 3.05) is 11.9 Å². The highest BCUT2D eigenvalue weighted by Gasteiger charge is 2.19. The zero-order valence-corrected chi connectivity index (χ0v) is 17.4. The number of aliphatic imine (C=N–C) groups is 1. The average Bonchev–Trinajstić information content (AvgIpc) is 2.54. The van der Waals surface area contributed by atoms with Gasteiger partial charge >= 0.3 is 0 Å². The largest absolute Gasteiger partial charge is 0.506 e. The molecule has 0 radical (unpaired) electrons. The summed E-state index contributed by atoms with van der Waals surface area (Å²) in [4.78, 5) is 4.80. The first kappa shape index (κ1) is 20.6. The summed E-state index contributed by atoms with van der Waals surface area (Å²) in [5.74, 6) is 1.03. The van der Waals surface area contributed by atoms with Crippen LogP contribution in [0.5, 0.6) is 5.75 Å². The Kier molecular flexibility index (Phi) is 6.59. The van der Waals surface area contributed by atoms with Crippen molar-refractivity contribution >= 4 is 11.6 Å². The van der Waals surface area contributed by atoms with Gasteiger partial charge in [-0.05, 0) is 41.4 Å². The Balaban J connectivity index is 2.22. The van der Waals surface area contributed by atoms with Crippen molar-refractivity contribution in [2.24, 2.45) is 10.4 Å². The molecular weight excluding hydrogens is 322 g/mol. The second-order valence-corrected chi connectivity index (χ2v) is 9.81. The van der Waals surface area contributed by atoms with E-state index >= 15 is 0 Å². The zero-order chi connectivity index (χ0) is 19.4. The van der Waals surface area contributed by atoms with Crippen molar-refractivity contribution in [3.63, 3.8) is 0 Å². The molecule has 1 fully saturated rings. The Bertz CT molecular complexity index is 617. The minimum atomic E-state index is 0.0314. The summed E-state index contributed by atoms with van der Waals surface area (Å²) in [5.41, 5.74) is 2.05. The first-order valence-electron chi connectivity index (χ1n) is 9.96. The van der Waals surface area contributed by atoms with Gasteiger partial charge in [-0.3, -0.25) is 4.99 Å². The number of hydrogen-bond acceptors (Lipinski definition) is 2. The molecule has 0 bridgehead atoms. The second-order valence-electron chi connectivity index (χ2n) is 9.81. The molecule has 1 aliphatic carbocycles. The highest BCUT2D eigenvalue weighted by atomic mass is 16.3. The van der Waals surface area contributed by atoms with E-state index in [1.165, 1.54) is 37.7 Å². The SMILES string of the molecule is CC(C)(C)CN=C(Nc1cc(C(C)(C)C)ccc1O)NC1CCCCC1. The smallest absolute Gasteiger partial charge is 0.196 e. The van der Waals surface area contributed by atoms with Crippen LogP contribution >= 0.6 is 0 Å². The van der Waals surface area contributed by atoms with Crippen molar-refractivity contribution in [3.8, 4) is 5.75 Å². The molecule has 0 aliphatic heterocycles. The molecule has 4 heteroatoms. The van der Waals surface area contributed by atoms with Gasteiger partial charge in [-0.1, -0.05) is 66.9 Å². The van der Waals surface area contributed by atoms with E-state index < -0.39 is 0 Å². The predicted octanol–water partition coefficient (Wildman–Crippen LogP) is 5.43. The lowest BCUT2D eigenvalue weighted by Crippen LogP contribution is -2.40. The summed E-state index contributed by atoms with van der Waals surface area (Å²) in [6.07, 6.45) is 6.24. The highest BCUT2D eigenvalue weighted by Crippen LogP contribution is 2.31. The summed E-state index contributed by atoms with van der Waals surface area (Å²) in [6, 6.07) is 6.25. The van der Waals surface area contributed by atoms with E-state index in [1.807, 2.05) is 12.1 Å². The number of benzene rings is 1. The maximum atomic E-state index is 10.3. The first-order valence-corrected chi connectivity index (χ1v) is 9.96. The van der Waals surface area contributed by atoms with Gasteiger partial charge in [0.05, 0.1) is 5.69 Å². The summed E-state index contributed by atoms with van der Waals surface area (Å²) in [5, 5.41) is 17.3. The molecule has 4 nitrogen and oxygen atoms in total. The Morgan fingerprint density at radius 1 is 1.08 bits per heavy atom. The molecule has 146 valence electrons. The molecule has 26 heavy (non-hydrogen) atoms. The van der Waals surface area contributed by atoms with E-state index in [-0.39, 0.29) is 16.6 Å². The Labute approximate surface area is 159 Å². The summed E-state index contributed by atoms with van der Waals surface area (Å²) in [6.45, 7) is 13.8. The Morgan fingerprint density at radius 2 is 1.73 bits per heavy atom. The zero-order valence-electron chi connectivity index (χ0n) is 17.4. The minimum Gasteiger partial charge on any atom is -0.506 e. The van der Waals surface area contributed by atoms with E-state index in [0.29, 0.717) is 11.7 Å². The monoisotopic (exact) mass is 359 g/mol. The van der Waals surface area contributed by atoms with E-state index in [4.69, 9.17) is 4.99 Å². The summed E-state index contributed by atoms with van der Waals surface area (Å²) >= 11 is 0. The van der Waals surface area contributed by atoms with Gasteiger partial charge in [-0.25, -0.2) is 0 Å². The Hall–Kier alpha value is -1.71. The molecular formula is C22H37N3O. The van der Waals surface area contributed by atoms with Gasteiger partial charge in [0.2, 0.25) is 0 Å². The number of phenols is 1. The van der Waals surface area contributed by atoms with Crippen LogP contribution in [0.2, 0.25) is 0 Å². The quantitative estimate of drug-likeness (QED) is 0.383. The molecule has 2 rings (SSSR count). The fourth-order valence-electron chi connectivity index (χ4n) is 3.11. The van der Waals surface area contributed by atoms with E-state index in [0.717, 1.165) is 12.5 Å². The topological polar surface area (TPSA) is 56.7 Å². The van der Waals surface area contributed by atoms with Crippen LogP contribution in [0.15, 0.2) is 23.2 Å². The number of hydrogen-bond donors (Lipinski definition) is 3. The molecule has 0 heterocycles. The van der Waals surface area contributed by atoms with Gasteiger partial charge < -0.3 is 15.7 Å². The van der Waals surface area contributed by atoms with Crippen LogP contribution in [-0.4, -0.2) is 23.7 Å². The van der Waals surface area contributed by atoms with Crippen LogP contribution in [-0.2, 0) is 5.41 Å². The van der Waals surface area contributed by atoms with Crippen LogP contribution in [0, 0.1) is 5.41 Å². The van der Waals surface area contributed by atoms with Gasteiger partial charge in [0.25, 0.3) is 0 Å². The number of nitrogens with one attached hydrogen (secondary N) is 2. The third-order valence-corrected chi connectivity index (χ3v) is 4.77. The van der Waals surface area contributed by atoms with Crippen molar-refractivity contribution in [1.29, 1.82) is 0 Å². The number of anilines is 1. The number of guanidine groups is 1. The summed E-state index contributed by atoms with van der Waals surface area (Å²) in [7, 11) is 0.